The quantitative estimate of drug-likeness (QED) is 0.790. The highest BCUT2D eigenvalue weighted by Crippen LogP contribution is 2.42. The Hall–Kier alpha value is -1.71. The minimum atomic E-state index is -0.315. The van der Waals surface area contributed by atoms with Crippen LogP contribution in [0, 0.1) is 5.41 Å². The molecule has 102 valence electrons. The van der Waals surface area contributed by atoms with Crippen LogP contribution in [0.2, 0.25) is 0 Å². The van der Waals surface area contributed by atoms with E-state index in [4.69, 9.17) is 9.47 Å². The van der Waals surface area contributed by atoms with Gasteiger partial charge in [-0.2, -0.15) is 0 Å². The summed E-state index contributed by atoms with van der Waals surface area (Å²) in [5.74, 6) is 0.515. The third-order valence-corrected chi connectivity index (χ3v) is 4.25. The van der Waals surface area contributed by atoms with Crippen LogP contribution in [0.1, 0.15) is 36.0 Å². The van der Waals surface area contributed by atoms with Gasteiger partial charge in [0, 0.05) is 12.0 Å². The molecule has 1 fully saturated rings. The predicted octanol–water partition coefficient (Wildman–Crippen LogP) is 2.84. The van der Waals surface area contributed by atoms with E-state index in [1.807, 2.05) is 12.1 Å². The average molecular weight is 261 g/mol. The van der Waals surface area contributed by atoms with Crippen molar-refractivity contribution in [1.82, 2.24) is 0 Å². The number of rotatable bonds is 1. The Morgan fingerprint density at radius 2 is 2.16 bits per heavy atom. The lowest BCUT2D eigenvalue weighted by molar-refractivity contribution is 0.0600. The Kier molecular flexibility index (Phi) is 3.09. The molecule has 4 nitrogen and oxygen atoms in total. The molecule has 1 saturated carbocycles. The zero-order valence-corrected chi connectivity index (χ0v) is 11.2. The van der Waals surface area contributed by atoms with E-state index in [0.29, 0.717) is 5.56 Å². The number of hydrogen-bond acceptors (Lipinski definition) is 4. The first-order valence-corrected chi connectivity index (χ1v) is 6.82. The summed E-state index contributed by atoms with van der Waals surface area (Å²) < 4.78 is 10.7. The van der Waals surface area contributed by atoms with Crippen LogP contribution in [0.25, 0.3) is 0 Å². The smallest absolute Gasteiger partial charge is 0.337 e. The van der Waals surface area contributed by atoms with Crippen LogP contribution < -0.4 is 10.1 Å². The normalized spacial score (nSPS) is 20.1. The lowest BCUT2D eigenvalue weighted by Crippen LogP contribution is -2.30. The van der Waals surface area contributed by atoms with E-state index in [0.717, 1.165) is 24.6 Å². The second kappa shape index (κ2) is 4.76. The second-order valence-electron chi connectivity index (χ2n) is 5.55. The molecular formula is C15H19NO3. The molecule has 1 heterocycles. The fraction of sp³-hybridized carbons (Fsp3) is 0.533. The van der Waals surface area contributed by atoms with Crippen molar-refractivity contribution < 1.29 is 14.3 Å². The third kappa shape index (κ3) is 2.27. The summed E-state index contributed by atoms with van der Waals surface area (Å²) in [5, 5.41) is 3.44. The Labute approximate surface area is 113 Å². The van der Waals surface area contributed by atoms with Gasteiger partial charge in [0.15, 0.2) is 0 Å². The lowest BCUT2D eigenvalue weighted by atomic mass is 9.87. The molecule has 0 bridgehead atoms. The van der Waals surface area contributed by atoms with Crippen molar-refractivity contribution in [2.24, 2.45) is 5.41 Å². The Morgan fingerprint density at radius 1 is 1.37 bits per heavy atom. The number of nitrogens with one attached hydrogen (secondary N) is 1. The first-order valence-electron chi connectivity index (χ1n) is 6.82. The van der Waals surface area contributed by atoms with Gasteiger partial charge in [-0.15, -0.1) is 0 Å². The van der Waals surface area contributed by atoms with Crippen LogP contribution in [-0.2, 0) is 4.74 Å². The Bertz CT molecular complexity index is 492. The van der Waals surface area contributed by atoms with E-state index in [-0.39, 0.29) is 11.4 Å². The summed E-state index contributed by atoms with van der Waals surface area (Å²) in [6.07, 6.45) is 5.01. The molecule has 0 aromatic heterocycles. The Morgan fingerprint density at radius 3 is 2.89 bits per heavy atom. The summed E-state index contributed by atoms with van der Waals surface area (Å²) >= 11 is 0. The molecule has 2 aliphatic rings. The maximum Gasteiger partial charge on any atom is 0.337 e. The SMILES string of the molecule is COC(=O)c1ccc2c(c1)NCC1(CCCC1)CO2. The third-order valence-electron chi connectivity index (χ3n) is 4.25. The monoisotopic (exact) mass is 261 g/mol. The molecule has 19 heavy (non-hydrogen) atoms. The topological polar surface area (TPSA) is 47.6 Å². The van der Waals surface area contributed by atoms with Gasteiger partial charge < -0.3 is 14.8 Å². The highest BCUT2D eigenvalue weighted by Gasteiger charge is 2.36. The number of benzene rings is 1. The minimum absolute atomic E-state index is 0.268. The van der Waals surface area contributed by atoms with Crippen LogP contribution in [0.3, 0.4) is 0 Å². The van der Waals surface area contributed by atoms with Crippen LogP contribution in [0.15, 0.2) is 18.2 Å². The van der Waals surface area contributed by atoms with Gasteiger partial charge in [-0.1, -0.05) is 12.8 Å². The van der Waals surface area contributed by atoms with E-state index in [1.165, 1.54) is 32.8 Å². The van der Waals surface area contributed by atoms with E-state index in [9.17, 15) is 4.79 Å². The molecule has 4 heteroatoms. The molecule has 3 rings (SSSR count). The zero-order valence-electron chi connectivity index (χ0n) is 11.2. The summed E-state index contributed by atoms with van der Waals surface area (Å²) in [7, 11) is 1.39. The van der Waals surface area contributed by atoms with Crippen LogP contribution in [-0.4, -0.2) is 26.2 Å². The van der Waals surface area contributed by atoms with E-state index < -0.39 is 0 Å². The number of carbonyl (C=O) groups excluding carboxylic acids is 1. The van der Waals surface area contributed by atoms with Gasteiger partial charge in [0.2, 0.25) is 0 Å². The van der Waals surface area contributed by atoms with E-state index in [1.54, 1.807) is 6.07 Å². The summed E-state index contributed by atoms with van der Waals surface area (Å²) in [6, 6.07) is 5.41. The van der Waals surface area contributed by atoms with Crippen molar-refractivity contribution in [2.45, 2.75) is 25.7 Å². The fourth-order valence-electron chi connectivity index (χ4n) is 3.05. The molecule has 1 spiro atoms. The molecule has 1 aliphatic heterocycles. The molecular weight excluding hydrogens is 242 g/mol. The van der Waals surface area contributed by atoms with Crippen molar-refractivity contribution in [2.75, 3.05) is 25.6 Å². The van der Waals surface area contributed by atoms with Gasteiger partial charge in [-0.3, -0.25) is 0 Å². The Balaban J connectivity index is 1.84. The molecule has 1 aliphatic carbocycles. The van der Waals surface area contributed by atoms with Crippen molar-refractivity contribution >= 4 is 11.7 Å². The van der Waals surface area contributed by atoms with Crippen LogP contribution in [0.4, 0.5) is 5.69 Å². The number of anilines is 1. The maximum absolute atomic E-state index is 11.5. The molecule has 0 unspecified atom stereocenters. The van der Waals surface area contributed by atoms with Crippen LogP contribution >= 0.6 is 0 Å². The zero-order chi connectivity index (χ0) is 13.3. The van der Waals surface area contributed by atoms with E-state index in [2.05, 4.69) is 5.32 Å². The average Bonchev–Trinajstić information content (AvgIpc) is 2.83. The number of methoxy groups -OCH3 is 1. The largest absolute Gasteiger partial charge is 0.491 e. The van der Waals surface area contributed by atoms with E-state index >= 15 is 0 Å². The molecule has 1 aromatic rings. The number of fused-ring (bicyclic) bond motifs is 1. The van der Waals surface area contributed by atoms with Crippen LogP contribution in [0.5, 0.6) is 5.75 Å². The number of ether oxygens (including phenoxy) is 2. The highest BCUT2D eigenvalue weighted by molar-refractivity contribution is 5.91. The second-order valence-corrected chi connectivity index (χ2v) is 5.55. The van der Waals surface area contributed by atoms with Gasteiger partial charge >= 0.3 is 5.97 Å². The summed E-state index contributed by atoms with van der Waals surface area (Å²) in [5.41, 5.74) is 1.72. The summed E-state index contributed by atoms with van der Waals surface area (Å²) in [6.45, 7) is 1.69. The van der Waals surface area contributed by atoms with Gasteiger partial charge in [-0.05, 0) is 31.0 Å². The first kappa shape index (κ1) is 12.3. The van der Waals surface area contributed by atoms with Gasteiger partial charge in [-0.25, -0.2) is 4.79 Å². The van der Waals surface area contributed by atoms with Crippen molar-refractivity contribution in [3.63, 3.8) is 0 Å². The first-order chi connectivity index (χ1) is 9.22. The molecule has 0 radical (unpaired) electrons. The van der Waals surface area contributed by atoms with Gasteiger partial charge in [0.1, 0.15) is 5.75 Å². The lowest BCUT2D eigenvalue weighted by Gasteiger charge is -2.25. The highest BCUT2D eigenvalue weighted by atomic mass is 16.5. The van der Waals surface area contributed by atoms with Crippen molar-refractivity contribution in [3.05, 3.63) is 23.8 Å². The standard InChI is InChI=1S/C15H19NO3/c1-18-14(17)11-4-5-13-12(8-11)16-9-15(10-19-13)6-2-3-7-15/h4-5,8,16H,2-3,6-7,9-10H2,1H3. The number of carbonyl (C=O) groups is 1. The van der Waals surface area contributed by atoms with Crippen molar-refractivity contribution in [3.8, 4) is 5.75 Å². The van der Waals surface area contributed by atoms with Gasteiger partial charge in [0.25, 0.3) is 0 Å². The predicted molar refractivity (Wildman–Crippen MR) is 72.7 cm³/mol. The minimum Gasteiger partial charge on any atom is -0.491 e. The summed E-state index contributed by atoms with van der Waals surface area (Å²) in [4.78, 5) is 11.5. The molecule has 0 saturated heterocycles. The van der Waals surface area contributed by atoms with Crippen molar-refractivity contribution in [1.29, 1.82) is 0 Å². The molecule has 1 aromatic carbocycles. The van der Waals surface area contributed by atoms with Gasteiger partial charge in [0.05, 0.1) is 25.0 Å². The fourth-order valence-corrected chi connectivity index (χ4v) is 3.05. The number of esters is 1. The number of hydrogen-bond donors (Lipinski definition) is 1. The molecule has 0 amide bonds. The molecule has 0 atom stereocenters. The molecule has 1 N–H and O–H groups in total. The maximum atomic E-state index is 11.5.